The normalized spacial score (nSPS) is 12.9. The number of rotatable bonds is 2. The van der Waals surface area contributed by atoms with Crippen molar-refractivity contribution in [1.82, 2.24) is 10.2 Å². The Morgan fingerprint density at radius 1 is 1.33 bits per heavy atom. The van der Waals surface area contributed by atoms with Crippen LogP contribution in [0.3, 0.4) is 0 Å². The van der Waals surface area contributed by atoms with E-state index >= 15 is 0 Å². The van der Waals surface area contributed by atoms with Gasteiger partial charge in [0.05, 0.1) is 0 Å². The summed E-state index contributed by atoms with van der Waals surface area (Å²) in [6.45, 7) is 0. The molecule has 0 amide bonds. The number of carboxylic acid groups (broad SMARTS) is 1. The Labute approximate surface area is 78.7 Å². The number of aromatic carboxylic acids is 1. The van der Waals surface area contributed by atoms with Crippen molar-refractivity contribution in [3.63, 3.8) is 0 Å². The zero-order valence-electron chi connectivity index (χ0n) is 6.77. The maximum atomic E-state index is 12.6. The van der Waals surface area contributed by atoms with E-state index in [-0.39, 0.29) is 6.07 Å². The molecule has 0 aliphatic carbocycles. The van der Waals surface area contributed by atoms with Crippen molar-refractivity contribution in [2.24, 2.45) is 0 Å². The van der Waals surface area contributed by atoms with E-state index in [1.54, 1.807) is 0 Å². The smallest absolute Gasteiger partial charge is 0.459 e. The Hall–Kier alpha value is -1.67. The van der Waals surface area contributed by atoms with Crippen molar-refractivity contribution in [3.05, 3.63) is 17.5 Å². The van der Waals surface area contributed by atoms with E-state index in [2.05, 4.69) is 5.10 Å². The van der Waals surface area contributed by atoms with Crippen molar-refractivity contribution in [3.8, 4) is 0 Å². The second kappa shape index (κ2) is 3.17. The van der Waals surface area contributed by atoms with E-state index in [0.29, 0.717) is 0 Å². The highest BCUT2D eigenvalue weighted by Gasteiger charge is 2.60. The fraction of sp³-hybridized carbons (Fsp3) is 0.333. The highest BCUT2D eigenvalue weighted by molar-refractivity contribution is 5.85. The van der Waals surface area contributed by atoms with Crippen LogP contribution < -0.4 is 0 Å². The fourth-order valence-corrected chi connectivity index (χ4v) is 0.745. The summed E-state index contributed by atoms with van der Waals surface area (Å²) in [6, 6.07) is 0.135. The molecule has 9 heteroatoms. The Morgan fingerprint density at radius 2 is 1.87 bits per heavy atom. The Balaban J connectivity index is 3.11. The lowest BCUT2D eigenvalue weighted by Crippen LogP contribution is -2.34. The minimum atomic E-state index is -5.80. The molecule has 0 aromatic carbocycles. The van der Waals surface area contributed by atoms with Gasteiger partial charge in [-0.05, 0) is 0 Å². The molecule has 2 N–H and O–H groups in total. The van der Waals surface area contributed by atoms with E-state index in [4.69, 9.17) is 5.11 Å². The van der Waals surface area contributed by atoms with Gasteiger partial charge in [-0.2, -0.15) is 27.1 Å². The summed E-state index contributed by atoms with van der Waals surface area (Å²) in [5, 5.41) is 12.4. The third-order valence-electron chi connectivity index (χ3n) is 1.49. The average Bonchev–Trinajstić information content (AvgIpc) is 2.49. The van der Waals surface area contributed by atoms with Gasteiger partial charge in [-0.25, -0.2) is 4.79 Å². The molecule has 0 atom stereocenters. The minimum Gasteiger partial charge on any atom is -0.476 e. The summed E-state index contributed by atoms with van der Waals surface area (Å²) < 4.78 is 60.5. The Kier molecular flexibility index (Phi) is 2.41. The van der Waals surface area contributed by atoms with Gasteiger partial charge in [-0.1, -0.05) is 0 Å². The summed E-state index contributed by atoms with van der Waals surface area (Å²) in [7, 11) is 0. The molecule has 0 radical (unpaired) electrons. The third-order valence-corrected chi connectivity index (χ3v) is 1.49. The summed E-state index contributed by atoms with van der Waals surface area (Å²) in [5.74, 6) is -6.84. The van der Waals surface area contributed by atoms with E-state index < -0.39 is 29.5 Å². The molecular weight excluding hydrogens is 227 g/mol. The van der Waals surface area contributed by atoms with Gasteiger partial charge in [0, 0.05) is 6.07 Å². The molecular formula is C6H3F5N2O2. The van der Waals surface area contributed by atoms with Crippen LogP contribution >= 0.6 is 0 Å². The maximum absolute atomic E-state index is 12.6. The standard InChI is InChI=1S/C6H3F5N2O2/c7-5(8,6(9,10)11)3-1-2(4(14)15)12-13-3/h1H,(H,12,13)(H,14,15). The van der Waals surface area contributed by atoms with Crippen LogP contribution in [0.2, 0.25) is 0 Å². The second-order valence-corrected chi connectivity index (χ2v) is 2.54. The number of carboxylic acids is 1. The zero-order valence-corrected chi connectivity index (χ0v) is 6.77. The molecule has 4 nitrogen and oxygen atoms in total. The first-order chi connectivity index (χ1) is 6.66. The van der Waals surface area contributed by atoms with Crippen molar-refractivity contribution < 1.29 is 31.9 Å². The minimum absolute atomic E-state index is 0.135. The molecule has 0 saturated carbocycles. The molecule has 1 aromatic rings. The maximum Gasteiger partial charge on any atom is 0.459 e. The first-order valence-electron chi connectivity index (χ1n) is 3.40. The van der Waals surface area contributed by atoms with Crippen LogP contribution in [0.25, 0.3) is 0 Å². The Morgan fingerprint density at radius 3 is 2.20 bits per heavy atom. The quantitative estimate of drug-likeness (QED) is 0.760. The van der Waals surface area contributed by atoms with Gasteiger partial charge in [-0.15, -0.1) is 0 Å². The molecule has 1 rings (SSSR count). The number of H-pyrrole nitrogens is 1. The monoisotopic (exact) mass is 230 g/mol. The molecule has 15 heavy (non-hydrogen) atoms. The summed E-state index contributed by atoms with van der Waals surface area (Å²) >= 11 is 0. The average molecular weight is 230 g/mol. The van der Waals surface area contributed by atoms with E-state index in [9.17, 15) is 26.7 Å². The highest BCUT2D eigenvalue weighted by Crippen LogP contribution is 2.42. The molecule has 0 saturated heterocycles. The molecule has 0 unspecified atom stereocenters. The van der Waals surface area contributed by atoms with Crippen molar-refractivity contribution in [1.29, 1.82) is 0 Å². The zero-order chi connectivity index (χ0) is 11.9. The van der Waals surface area contributed by atoms with Crippen molar-refractivity contribution in [2.75, 3.05) is 0 Å². The number of nitrogens with zero attached hydrogens (tertiary/aromatic N) is 1. The first kappa shape index (κ1) is 11.4. The number of carbonyl (C=O) groups is 1. The second-order valence-electron chi connectivity index (χ2n) is 2.54. The van der Waals surface area contributed by atoms with Gasteiger partial charge in [0.1, 0.15) is 5.69 Å². The van der Waals surface area contributed by atoms with Crippen LogP contribution in [0.1, 0.15) is 16.2 Å². The number of nitrogens with one attached hydrogen (secondary N) is 1. The third kappa shape index (κ3) is 1.90. The Bertz CT molecular complexity index is 383. The molecule has 1 heterocycles. The molecule has 0 fully saturated rings. The predicted molar refractivity (Wildman–Crippen MR) is 35.5 cm³/mol. The van der Waals surface area contributed by atoms with Gasteiger partial charge in [0.15, 0.2) is 5.69 Å². The molecule has 0 aliphatic heterocycles. The highest BCUT2D eigenvalue weighted by atomic mass is 19.4. The van der Waals surface area contributed by atoms with Gasteiger partial charge in [0.2, 0.25) is 0 Å². The molecule has 84 valence electrons. The van der Waals surface area contributed by atoms with Crippen LogP contribution in [0.15, 0.2) is 6.07 Å². The lowest BCUT2D eigenvalue weighted by molar-refractivity contribution is -0.290. The predicted octanol–water partition coefficient (Wildman–Crippen LogP) is 1.76. The van der Waals surface area contributed by atoms with Crippen molar-refractivity contribution >= 4 is 5.97 Å². The van der Waals surface area contributed by atoms with Gasteiger partial charge in [-0.3, -0.25) is 5.10 Å². The fourth-order valence-electron chi connectivity index (χ4n) is 0.745. The summed E-state index contributed by atoms with van der Waals surface area (Å²) in [4.78, 5) is 10.2. The molecule has 0 aliphatic rings. The van der Waals surface area contributed by atoms with E-state index in [1.165, 1.54) is 5.10 Å². The van der Waals surface area contributed by atoms with Crippen LogP contribution in [-0.4, -0.2) is 27.4 Å². The van der Waals surface area contributed by atoms with E-state index in [0.717, 1.165) is 0 Å². The van der Waals surface area contributed by atoms with Gasteiger partial charge < -0.3 is 5.11 Å². The van der Waals surface area contributed by atoms with Crippen LogP contribution in [0, 0.1) is 0 Å². The molecule has 0 spiro atoms. The number of alkyl halides is 5. The number of hydrogen-bond donors (Lipinski definition) is 2. The largest absolute Gasteiger partial charge is 0.476 e. The molecule has 1 aromatic heterocycles. The van der Waals surface area contributed by atoms with Crippen LogP contribution in [0.4, 0.5) is 22.0 Å². The van der Waals surface area contributed by atoms with Crippen LogP contribution in [0.5, 0.6) is 0 Å². The number of aromatic amines is 1. The topological polar surface area (TPSA) is 66.0 Å². The lowest BCUT2D eigenvalue weighted by Gasteiger charge is -2.17. The summed E-state index contributed by atoms with van der Waals surface area (Å²) in [6.07, 6.45) is -5.80. The SMILES string of the molecule is O=C(O)c1cc(C(F)(F)C(F)(F)F)[nH]n1. The van der Waals surface area contributed by atoms with Crippen LogP contribution in [-0.2, 0) is 5.92 Å². The molecule has 0 bridgehead atoms. The van der Waals surface area contributed by atoms with Gasteiger partial charge >= 0.3 is 18.1 Å². The number of halogens is 5. The summed E-state index contributed by atoms with van der Waals surface area (Å²) in [5.41, 5.74) is -2.51. The van der Waals surface area contributed by atoms with Crippen molar-refractivity contribution in [2.45, 2.75) is 12.1 Å². The first-order valence-corrected chi connectivity index (χ1v) is 3.40. The number of aromatic nitrogens is 2. The lowest BCUT2D eigenvalue weighted by atomic mass is 10.2. The van der Waals surface area contributed by atoms with Gasteiger partial charge in [0.25, 0.3) is 0 Å². The number of hydrogen-bond acceptors (Lipinski definition) is 2. The van der Waals surface area contributed by atoms with E-state index in [1.807, 2.05) is 0 Å².